The molecule has 1 aromatic carbocycles. The van der Waals surface area contributed by atoms with Crippen LogP contribution in [0.15, 0.2) is 24.3 Å². The highest BCUT2D eigenvalue weighted by Crippen LogP contribution is 2.24. The number of aryl methyl sites for hydroxylation is 1. The minimum atomic E-state index is -0.427. The monoisotopic (exact) mass is 371 g/mol. The number of aromatic amines is 1. The Morgan fingerprint density at radius 2 is 2.04 bits per heavy atom. The standard InChI is InChI=1S/C19H21N3O3S/c1-5-12-16(19(24)25-4)11(2)17(21-12)18(23)22(3)10-15-20-13-8-6-7-9-14(13)26-15/h6-9,21H,5,10H2,1-4H3. The van der Waals surface area contributed by atoms with Crippen molar-refractivity contribution in [2.45, 2.75) is 26.8 Å². The third-order valence-electron chi connectivity index (χ3n) is 4.34. The first-order valence-corrected chi connectivity index (χ1v) is 9.17. The summed E-state index contributed by atoms with van der Waals surface area (Å²) in [7, 11) is 3.08. The first kappa shape index (κ1) is 18.1. The molecule has 2 aromatic heterocycles. The number of nitrogens with zero attached hydrogens (tertiary/aromatic N) is 2. The van der Waals surface area contributed by atoms with Gasteiger partial charge in [0.05, 0.1) is 29.4 Å². The van der Waals surface area contributed by atoms with Crippen molar-refractivity contribution < 1.29 is 14.3 Å². The molecule has 0 aliphatic heterocycles. The van der Waals surface area contributed by atoms with E-state index < -0.39 is 5.97 Å². The molecule has 0 bridgehead atoms. The molecule has 136 valence electrons. The van der Waals surface area contributed by atoms with Gasteiger partial charge in [0, 0.05) is 12.7 Å². The molecule has 1 amide bonds. The molecule has 2 heterocycles. The first-order chi connectivity index (χ1) is 12.5. The summed E-state index contributed by atoms with van der Waals surface area (Å²) in [5.74, 6) is -0.602. The zero-order valence-electron chi connectivity index (χ0n) is 15.3. The van der Waals surface area contributed by atoms with Crippen molar-refractivity contribution in [3.05, 3.63) is 51.8 Å². The number of fused-ring (bicyclic) bond motifs is 1. The van der Waals surface area contributed by atoms with Gasteiger partial charge in [-0.2, -0.15) is 0 Å². The van der Waals surface area contributed by atoms with Crippen LogP contribution in [-0.2, 0) is 17.7 Å². The number of carbonyl (C=O) groups is 2. The van der Waals surface area contributed by atoms with E-state index in [0.717, 1.165) is 15.2 Å². The van der Waals surface area contributed by atoms with Crippen LogP contribution in [0.5, 0.6) is 0 Å². The minimum Gasteiger partial charge on any atom is -0.465 e. The Labute approximate surface area is 155 Å². The lowest BCUT2D eigenvalue weighted by Crippen LogP contribution is -2.27. The zero-order chi connectivity index (χ0) is 18.8. The predicted octanol–water partition coefficient (Wildman–Crippen LogP) is 3.55. The fraction of sp³-hybridized carbons (Fsp3) is 0.316. The Balaban J connectivity index is 1.86. The topological polar surface area (TPSA) is 75.3 Å². The van der Waals surface area contributed by atoms with E-state index in [1.165, 1.54) is 7.11 Å². The number of amides is 1. The molecule has 0 unspecified atom stereocenters. The van der Waals surface area contributed by atoms with Crippen molar-refractivity contribution >= 4 is 33.4 Å². The Bertz CT molecular complexity index is 941. The molecular weight excluding hydrogens is 350 g/mol. The fourth-order valence-corrected chi connectivity index (χ4v) is 3.99. The molecule has 0 aliphatic carbocycles. The third kappa shape index (κ3) is 3.22. The molecule has 1 N–H and O–H groups in total. The summed E-state index contributed by atoms with van der Waals surface area (Å²) >= 11 is 1.57. The largest absolute Gasteiger partial charge is 0.465 e. The van der Waals surface area contributed by atoms with E-state index >= 15 is 0 Å². The van der Waals surface area contributed by atoms with Gasteiger partial charge in [0.25, 0.3) is 5.91 Å². The van der Waals surface area contributed by atoms with E-state index in [4.69, 9.17) is 4.74 Å². The summed E-state index contributed by atoms with van der Waals surface area (Å²) in [5, 5.41) is 0.871. The lowest BCUT2D eigenvalue weighted by Gasteiger charge is -2.15. The number of ether oxygens (including phenoxy) is 1. The molecule has 0 saturated heterocycles. The van der Waals surface area contributed by atoms with E-state index in [2.05, 4.69) is 9.97 Å². The van der Waals surface area contributed by atoms with E-state index in [1.54, 1.807) is 30.2 Å². The number of rotatable bonds is 5. The van der Waals surface area contributed by atoms with Crippen LogP contribution in [0.3, 0.4) is 0 Å². The van der Waals surface area contributed by atoms with Crippen LogP contribution in [0.4, 0.5) is 0 Å². The number of benzene rings is 1. The maximum absolute atomic E-state index is 12.9. The van der Waals surface area contributed by atoms with Crippen LogP contribution in [0.1, 0.15) is 44.0 Å². The van der Waals surface area contributed by atoms with Crippen LogP contribution in [0.25, 0.3) is 10.2 Å². The Morgan fingerprint density at radius 1 is 1.31 bits per heavy atom. The summed E-state index contributed by atoms with van der Waals surface area (Å²) < 4.78 is 5.95. The SMILES string of the molecule is CCc1[nH]c(C(=O)N(C)Cc2nc3ccccc3s2)c(C)c1C(=O)OC. The molecular formula is C19H21N3O3S. The average molecular weight is 371 g/mol. The maximum Gasteiger partial charge on any atom is 0.339 e. The molecule has 0 atom stereocenters. The molecule has 7 heteroatoms. The highest BCUT2D eigenvalue weighted by Gasteiger charge is 2.25. The van der Waals surface area contributed by atoms with Gasteiger partial charge in [0.1, 0.15) is 10.7 Å². The molecule has 0 fully saturated rings. The Morgan fingerprint density at radius 3 is 2.69 bits per heavy atom. The van der Waals surface area contributed by atoms with E-state index in [9.17, 15) is 9.59 Å². The van der Waals surface area contributed by atoms with Crippen LogP contribution >= 0.6 is 11.3 Å². The van der Waals surface area contributed by atoms with Gasteiger partial charge in [-0.3, -0.25) is 4.79 Å². The minimum absolute atomic E-state index is 0.174. The highest BCUT2D eigenvalue weighted by molar-refractivity contribution is 7.18. The van der Waals surface area contributed by atoms with Gasteiger partial charge >= 0.3 is 5.97 Å². The van der Waals surface area contributed by atoms with E-state index in [1.807, 2.05) is 31.2 Å². The van der Waals surface area contributed by atoms with Crippen molar-refractivity contribution in [1.29, 1.82) is 0 Å². The van der Waals surface area contributed by atoms with E-state index in [-0.39, 0.29) is 5.91 Å². The smallest absolute Gasteiger partial charge is 0.339 e. The second kappa shape index (κ2) is 7.29. The molecule has 3 rings (SSSR count). The number of aromatic nitrogens is 2. The van der Waals surface area contributed by atoms with Gasteiger partial charge in [0.2, 0.25) is 0 Å². The summed E-state index contributed by atoms with van der Waals surface area (Å²) in [6.07, 6.45) is 0.611. The van der Waals surface area contributed by atoms with Gasteiger partial charge in [-0.1, -0.05) is 19.1 Å². The summed E-state index contributed by atoms with van der Waals surface area (Å²) in [5.41, 5.74) is 3.14. The van der Waals surface area contributed by atoms with Crippen LogP contribution < -0.4 is 0 Å². The fourth-order valence-electron chi connectivity index (χ4n) is 2.97. The van der Waals surface area contributed by atoms with Crippen molar-refractivity contribution in [2.24, 2.45) is 0 Å². The first-order valence-electron chi connectivity index (χ1n) is 8.35. The van der Waals surface area contributed by atoms with E-state index in [0.29, 0.717) is 35.5 Å². The zero-order valence-corrected chi connectivity index (χ0v) is 16.1. The Hall–Kier alpha value is -2.67. The Kier molecular flexibility index (Phi) is 5.08. The summed E-state index contributed by atoms with van der Waals surface area (Å²) in [6.45, 7) is 4.10. The predicted molar refractivity (Wildman–Crippen MR) is 102 cm³/mol. The second-order valence-corrected chi connectivity index (χ2v) is 7.18. The number of hydrogen-bond donors (Lipinski definition) is 1. The quantitative estimate of drug-likeness (QED) is 0.696. The number of esters is 1. The normalized spacial score (nSPS) is 10.9. The number of para-hydroxylation sites is 1. The number of methoxy groups -OCH3 is 1. The van der Waals surface area contributed by atoms with Crippen molar-refractivity contribution in [3.8, 4) is 0 Å². The van der Waals surface area contributed by atoms with Crippen LogP contribution in [0, 0.1) is 6.92 Å². The lowest BCUT2D eigenvalue weighted by atomic mass is 10.1. The van der Waals surface area contributed by atoms with Gasteiger partial charge in [-0.15, -0.1) is 11.3 Å². The summed E-state index contributed by atoms with van der Waals surface area (Å²) in [4.78, 5) is 34.2. The molecule has 0 spiro atoms. The summed E-state index contributed by atoms with van der Waals surface area (Å²) in [6, 6.07) is 7.90. The maximum atomic E-state index is 12.9. The third-order valence-corrected chi connectivity index (χ3v) is 5.36. The molecule has 26 heavy (non-hydrogen) atoms. The van der Waals surface area contributed by atoms with Gasteiger partial charge < -0.3 is 14.6 Å². The highest BCUT2D eigenvalue weighted by atomic mass is 32.1. The van der Waals surface area contributed by atoms with Gasteiger partial charge in [-0.05, 0) is 31.0 Å². The lowest BCUT2D eigenvalue weighted by molar-refractivity contribution is 0.0599. The molecule has 0 aliphatic rings. The average Bonchev–Trinajstić information content (AvgIpc) is 3.20. The van der Waals surface area contributed by atoms with Crippen molar-refractivity contribution in [2.75, 3.05) is 14.2 Å². The molecule has 6 nitrogen and oxygen atoms in total. The number of thiazole rings is 1. The van der Waals surface area contributed by atoms with Crippen LogP contribution in [0.2, 0.25) is 0 Å². The number of carbonyl (C=O) groups excluding carboxylic acids is 2. The molecule has 3 aromatic rings. The van der Waals surface area contributed by atoms with Crippen LogP contribution in [-0.4, -0.2) is 40.9 Å². The number of nitrogens with one attached hydrogen (secondary N) is 1. The van der Waals surface area contributed by atoms with Gasteiger partial charge in [-0.25, -0.2) is 9.78 Å². The molecule has 0 saturated carbocycles. The number of hydrogen-bond acceptors (Lipinski definition) is 5. The second-order valence-electron chi connectivity index (χ2n) is 6.06. The van der Waals surface area contributed by atoms with Crippen molar-refractivity contribution in [3.63, 3.8) is 0 Å². The molecule has 0 radical (unpaired) electrons. The van der Waals surface area contributed by atoms with Gasteiger partial charge in [0.15, 0.2) is 0 Å². The van der Waals surface area contributed by atoms with Crippen molar-refractivity contribution in [1.82, 2.24) is 14.9 Å². The number of H-pyrrole nitrogens is 1.